The van der Waals surface area contributed by atoms with Gasteiger partial charge >= 0.3 is 0 Å². The molecule has 3 rings (SSSR count). The van der Waals surface area contributed by atoms with Gasteiger partial charge in [-0.3, -0.25) is 4.90 Å². The van der Waals surface area contributed by atoms with Crippen molar-refractivity contribution in [3.8, 4) is 0 Å². The Kier molecular flexibility index (Phi) is 4.58. The first-order valence-corrected chi connectivity index (χ1v) is 8.74. The van der Waals surface area contributed by atoms with Crippen LogP contribution in [0.2, 0.25) is 0 Å². The Morgan fingerprint density at radius 2 is 2.05 bits per heavy atom. The molecule has 5 heteroatoms. The normalized spacial score (nSPS) is 20.9. The third kappa shape index (κ3) is 3.93. The average molecular weight is 294 g/mol. The summed E-state index contributed by atoms with van der Waals surface area (Å²) in [4.78, 5) is 9.85. The van der Waals surface area contributed by atoms with E-state index in [1.165, 1.54) is 43.3 Å². The highest BCUT2D eigenvalue weighted by molar-refractivity contribution is 7.13. The Morgan fingerprint density at radius 1 is 1.30 bits per heavy atom. The van der Waals surface area contributed by atoms with Crippen LogP contribution in [0.3, 0.4) is 0 Å². The van der Waals surface area contributed by atoms with Crippen LogP contribution in [0.15, 0.2) is 5.38 Å². The van der Waals surface area contributed by atoms with Crippen LogP contribution in [0, 0.1) is 5.92 Å². The van der Waals surface area contributed by atoms with Gasteiger partial charge in [0, 0.05) is 50.7 Å². The zero-order valence-electron chi connectivity index (χ0n) is 12.6. The first-order chi connectivity index (χ1) is 9.70. The minimum atomic E-state index is 0.520. The van der Waals surface area contributed by atoms with Gasteiger partial charge in [0.1, 0.15) is 0 Å². The second-order valence-electron chi connectivity index (χ2n) is 6.39. The summed E-state index contributed by atoms with van der Waals surface area (Å²) in [5.74, 6) is 1.01. The number of piperazine rings is 1. The third-order valence-corrected chi connectivity index (χ3v) is 5.04. The summed E-state index contributed by atoms with van der Waals surface area (Å²) < 4.78 is 0. The summed E-state index contributed by atoms with van der Waals surface area (Å²) in [6, 6.07) is 0.520. The van der Waals surface area contributed by atoms with Gasteiger partial charge in [-0.15, -0.1) is 11.3 Å². The predicted octanol–water partition coefficient (Wildman–Crippen LogP) is 2.17. The summed E-state index contributed by atoms with van der Waals surface area (Å²) in [6.07, 6.45) is 2.91. The highest BCUT2D eigenvalue weighted by atomic mass is 32.1. The molecule has 0 unspecified atom stereocenters. The smallest absolute Gasteiger partial charge is 0.185 e. The molecule has 0 amide bonds. The molecule has 0 radical (unpaired) electrons. The van der Waals surface area contributed by atoms with Crippen LogP contribution in [-0.4, -0.2) is 48.6 Å². The second-order valence-corrected chi connectivity index (χ2v) is 7.22. The van der Waals surface area contributed by atoms with E-state index in [9.17, 15) is 0 Å². The molecule has 4 nitrogen and oxygen atoms in total. The summed E-state index contributed by atoms with van der Waals surface area (Å²) in [7, 11) is 0. The van der Waals surface area contributed by atoms with Crippen molar-refractivity contribution in [2.45, 2.75) is 39.3 Å². The lowest BCUT2D eigenvalue weighted by Gasteiger charge is -2.34. The van der Waals surface area contributed by atoms with Crippen molar-refractivity contribution in [3.05, 3.63) is 11.1 Å². The standard InChI is InChI=1S/C15H26N4S/c1-12(2)16-9-14-11-20-15(17-14)19-7-5-18(6-8-19)10-13-3-4-13/h11-13,16H,3-10H2,1-2H3. The number of nitrogens with zero attached hydrogens (tertiary/aromatic N) is 3. The monoisotopic (exact) mass is 294 g/mol. The molecule has 1 N–H and O–H groups in total. The SMILES string of the molecule is CC(C)NCc1csc(N2CCN(CC3CC3)CC2)n1. The van der Waals surface area contributed by atoms with Crippen LogP contribution in [-0.2, 0) is 6.54 Å². The van der Waals surface area contributed by atoms with Crippen LogP contribution in [0.1, 0.15) is 32.4 Å². The quantitative estimate of drug-likeness (QED) is 0.871. The number of rotatable bonds is 6. The minimum absolute atomic E-state index is 0.520. The number of hydrogen-bond donors (Lipinski definition) is 1. The average Bonchev–Trinajstić information content (AvgIpc) is 3.12. The maximum absolute atomic E-state index is 4.77. The molecule has 1 saturated heterocycles. The maximum atomic E-state index is 4.77. The lowest BCUT2D eigenvalue weighted by Crippen LogP contribution is -2.47. The Morgan fingerprint density at radius 3 is 2.70 bits per heavy atom. The van der Waals surface area contributed by atoms with E-state index in [4.69, 9.17) is 4.98 Å². The lowest BCUT2D eigenvalue weighted by atomic mass is 10.3. The van der Waals surface area contributed by atoms with Gasteiger partial charge in [0.15, 0.2) is 5.13 Å². The molecule has 0 spiro atoms. The van der Waals surface area contributed by atoms with Crippen LogP contribution >= 0.6 is 11.3 Å². The molecule has 2 heterocycles. The van der Waals surface area contributed by atoms with Crippen LogP contribution in [0.4, 0.5) is 5.13 Å². The Labute approximate surface area is 126 Å². The number of anilines is 1. The van der Waals surface area contributed by atoms with E-state index in [-0.39, 0.29) is 0 Å². The lowest BCUT2D eigenvalue weighted by molar-refractivity contribution is 0.248. The van der Waals surface area contributed by atoms with Crippen molar-refractivity contribution in [1.29, 1.82) is 0 Å². The molecule has 1 aromatic heterocycles. The fraction of sp³-hybridized carbons (Fsp3) is 0.800. The highest BCUT2D eigenvalue weighted by Gasteiger charge is 2.26. The minimum Gasteiger partial charge on any atom is -0.346 e. The van der Waals surface area contributed by atoms with Crippen molar-refractivity contribution >= 4 is 16.5 Å². The zero-order chi connectivity index (χ0) is 13.9. The maximum Gasteiger partial charge on any atom is 0.185 e. The van der Waals surface area contributed by atoms with Crippen molar-refractivity contribution in [1.82, 2.24) is 15.2 Å². The summed E-state index contributed by atoms with van der Waals surface area (Å²) in [5.41, 5.74) is 1.18. The largest absolute Gasteiger partial charge is 0.346 e. The van der Waals surface area contributed by atoms with E-state index in [1.807, 2.05) is 0 Å². The highest BCUT2D eigenvalue weighted by Crippen LogP contribution is 2.30. The Balaban J connectivity index is 1.47. The zero-order valence-corrected chi connectivity index (χ0v) is 13.5. The van der Waals surface area contributed by atoms with E-state index >= 15 is 0 Å². The molecular formula is C15H26N4S. The van der Waals surface area contributed by atoms with Gasteiger partial charge < -0.3 is 10.2 Å². The van der Waals surface area contributed by atoms with Crippen molar-refractivity contribution in [2.75, 3.05) is 37.6 Å². The third-order valence-electron chi connectivity index (χ3n) is 4.09. The summed E-state index contributed by atoms with van der Waals surface area (Å²) in [5, 5.41) is 6.83. The van der Waals surface area contributed by atoms with Gasteiger partial charge in [0.25, 0.3) is 0 Å². The topological polar surface area (TPSA) is 31.4 Å². The van der Waals surface area contributed by atoms with Gasteiger partial charge in [-0.05, 0) is 18.8 Å². The molecular weight excluding hydrogens is 268 g/mol. The molecule has 20 heavy (non-hydrogen) atoms. The molecule has 112 valence electrons. The van der Waals surface area contributed by atoms with E-state index in [0.29, 0.717) is 6.04 Å². The van der Waals surface area contributed by atoms with Crippen molar-refractivity contribution in [2.24, 2.45) is 5.92 Å². The molecule has 2 aliphatic rings. The Hall–Kier alpha value is -0.650. The number of hydrogen-bond acceptors (Lipinski definition) is 5. The number of aromatic nitrogens is 1. The van der Waals surface area contributed by atoms with Gasteiger partial charge in [0.05, 0.1) is 5.69 Å². The Bertz CT molecular complexity index is 419. The van der Waals surface area contributed by atoms with Crippen molar-refractivity contribution < 1.29 is 0 Å². The second kappa shape index (κ2) is 6.41. The number of nitrogens with one attached hydrogen (secondary N) is 1. The molecule has 0 aromatic carbocycles. The number of thiazole rings is 1. The van der Waals surface area contributed by atoms with Crippen LogP contribution in [0.25, 0.3) is 0 Å². The van der Waals surface area contributed by atoms with Gasteiger partial charge in [-0.25, -0.2) is 4.98 Å². The van der Waals surface area contributed by atoms with E-state index in [0.717, 1.165) is 25.6 Å². The van der Waals surface area contributed by atoms with E-state index in [1.54, 1.807) is 11.3 Å². The molecule has 1 aliphatic carbocycles. The molecule has 0 bridgehead atoms. The summed E-state index contributed by atoms with van der Waals surface area (Å²) >= 11 is 1.79. The fourth-order valence-corrected chi connectivity index (χ4v) is 3.50. The van der Waals surface area contributed by atoms with Crippen LogP contribution in [0.5, 0.6) is 0 Å². The molecule has 1 aliphatic heterocycles. The first-order valence-electron chi connectivity index (χ1n) is 7.86. The summed E-state index contributed by atoms with van der Waals surface area (Å²) in [6.45, 7) is 11.2. The molecule has 1 aromatic rings. The molecule has 0 atom stereocenters. The van der Waals surface area contributed by atoms with Gasteiger partial charge in [0.2, 0.25) is 0 Å². The predicted molar refractivity (Wildman–Crippen MR) is 85.5 cm³/mol. The van der Waals surface area contributed by atoms with Gasteiger partial charge in [-0.1, -0.05) is 13.8 Å². The van der Waals surface area contributed by atoms with E-state index in [2.05, 4.69) is 34.3 Å². The van der Waals surface area contributed by atoms with Crippen molar-refractivity contribution in [3.63, 3.8) is 0 Å². The molecule has 2 fully saturated rings. The van der Waals surface area contributed by atoms with E-state index < -0.39 is 0 Å². The molecule has 1 saturated carbocycles. The van der Waals surface area contributed by atoms with Crippen LogP contribution < -0.4 is 10.2 Å². The first kappa shape index (κ1) is 14.3. The fourth-order valence-electron chi connectivity index (χ4n) is 2.62. The van der Waals surface area contributed by atoms with Gasteiger partial charge in [-0.2, -0.15) is 0 Å².